The fraction of sp³-hybridized carbons (Fsp3) is 0.455. The second-order valence-electron chi connectivity index (χ2n) is 3.83. The third-order valence-electron chi connectivity index (χ3n) is 2.84. The molecule has 70 valence electrons. The minimum Gasteiger partial charge on any atom is -0.399 e. The van der Waals surface area contributed by atoms with E-state index in [-0.39, 0.29) is 0 Å². The fourth-order valence-electron chi connectivity index (χ4n) is 1.95. The molecule has 0 amide bonds. The van der Waals surface area contributed by atoms with Crippen molar-refractivity contribution in [3.8, 4) is 0 Å². The number of hydrogen-bond acceptors (Lipinski definition) is 2. The second-order valence-corrected chi connectivity index (χ2v) is 3.83. The summed E-state index contributed by atoms with van der Waals surface area (Å²) >= 11 is 0. The van der Waals surface area contributed by atoms with E-state index < -0.39 is 0 Å². The Kier molecular flexibility index (Phi) is 2.00. The monoisotopic (exact) mass is 176 g/mol. The van der Waals surface area contributed by atoms with Crippen LogP contribution in [0.25, 0.3) is 0 Å². The molecule has 13 heavy (non-hydrogen) atoms. The Morgan fingerprint density at radius 2 is 2.23 bits per heavy atom. The SMILES string of the molecule is Cc1cc2c(cc1N)C(C)NCC2. The average molecular weight is 176 g/mol. The smallest absolute Gasteiger partial charge is 0.0347 e. The van der Waals surface area contributed by atoms with Crippen LogP contribution >= 0.6 is 0 Å². The number of fused-ring (bicyclic) bond motifs is 1. The first kappa shape index (κ1) is 8.57. The minimum absolute atomic E-state index is 0.451. The Balaban J connectivity index is 2.52. The third-order valence-corrected chi connectivity index (χ3v) is 2.84. The molecule has 0 fully saturated rings. The lowest BCUT2D eigenvalue weighted by Crippen LogP contribution is -2.27. The quantitative estimate of drug-likeness (QED) is 0.591. The number of nitrogens with one attached hydrogen (secondary N) is 1. The molecule has 1 aliphatic rings. The van der Waals surface area contributed by atoms with Gasteiger partial charge in [0.25, 0.3) is 0 Å². The van der Waals surface area contributed by atoms with Gasteiger partial charge in [-0.1, -0.05) is 6.07 Å². The van der Waals surface area contributed by atoms with Gasteiger partial charge >= 0.3 is 0 Å². The zero-order valence-electron chi connectivity index (χ0n) is 8.22. The zero-order chi connectivity index (χ0) is 9.42. The summed E-state index contributed by atoms with van der Waals surface area (Å²) in [5.74, 6) is 0. The lowest BCUT2D eigenvalue weighted by Gasteiger charge is -2.24. The summed E-state index contributed by atoms with van der Waals surface area (Å²) in [6.07, 6.45) is 1.13. The van der Waals surface area contributed by atoms with Crippen molar-refractivity contribution in [2.75, 3.05) is 12.3 Å². The Labute approximate surface area is 79.1 Å². The van der Waals surface area contributed by atoms with Crippen LogP contribution in [0, 0.1) is 6.92 Å². The predicted octanol–water partition coefficient (Wildman–Crippen LogP) is 1.78. The largest absolute Gasteiger partial charge is 0.399 e. The summed E-state index contributed by atoms with van der Waals surface area (Å²) in [6, 6.07) is 4.79. The minimum atomic E-state index is 0.451. The van der Waals surface area contributed by atoms with Gasteiger partial charge in [-0.2, -0.15) is 0 Å². The first-order valence-corrected chi connectivity index (χ1v) is 4.81. The Bertz CT molecular complexity index is 331. The molecule has 1 aromatic rings. The lowest BCUT2D eigenvalue weighted by molar-refractivity contribution is 0.541. The van der Waals surface area contributed by atoms with Gasteiger partial charge < -0.3 is 11.1 Å². The van der Waals surface area contributed by atoms with Crippen molar-refractivity contribution < 1.29 is 0 Å². The first-order chi connectivity index (χ1) is 6.18. The van der Waals surface area contributed by atoms with Crippen LogP contribution in [0.3, 0.4) is 0 Å². The van der Waals surface area contributed by atoms with Crippen molar-refractivity contribution >= 4 is 5.69 Å². The van der Waals surface area contributed by atoms with Crippen molar-refractivity contribution in [2.45, 2.75) is 26.3 Å². The molecule has 0 spiro atoms. The van der Waals surface area contributed by atoms with Gasteiger partial charge in [-0.25, -0.2) is 0 Å². The molecule has 0 aliphatic carbocycles. The number of aryl methyl sites for hydroxylation is 1. The number of rotatable bonds is 0. The van der Waals surface area contributed by atoms with Gasteiger partial charge in [0.05, 0.1) is 0 Å². The van der Waals surface area contributed by atoms with Gasteiger partial charge in [0, 0.05) is 11.7 Å². The van der Waals surface area contributed by atoms with Gasteiger partial charge in [0.2, 0.25) is 0 Å². The van der Waals surface area contributed by atoms with E-state index in [1.54, 1.807) is 0 Å². The highest BCUT2D eigenvalue weighted by atomic mass is 14.9. The van der Waals surface area contributed by atoms with E-state index in [1.807, 2.05) is 0 Å². The fourth-order valence-corrected chi connectivity index (χ4v) is 1.95. The summed E-state index contributed by atoms with van der Waals surface area (Å²) < 4.78 is 0. The van der Waals surface area contributed by atoms with Crippen molar-refractivity contribution in [1.82, 2.24) is 5.32 Å². The normalized spacial score (nSPS) is 21.2. The summed E-state index contributed by atoms with van der Waals surface area (Å²) in [5, 5.41) is 3.43. The van der Waals surface area contributed by atoms with E-state index in [1.165, 1.54) is 16.7 Å². The van der Waals surface area contributed by atoms with E-state index in [4.69, 9.17) is 5.73 Å². The molecule has 0 bridgehead atoms. The van der Waals surface area contributed by atoms with Crippen LogP contribution in [-0.2, 0) is 6.42 Å². The summed E-state index contributed by atoms with van der Waals surface area (Å²) in [5.41, 5.74) is 10.8. The molecule has 2 nitrogen and oxygen atoms in total. The number of anilines is 1. The van der Waals surface area contributed by atoms with Crippen LogP contribution in [0.5, 0.6) is 0 Å². The lowest BCUT2D eigenvalue weighted by atomic mass is 9.93. The molecule has 0 saturated heterocycles. The molecule has 1 aliphatic heterocycles. The second kappa shape index (κ2) is 3.04. The molecule has 1 heterocycles. The van der Waals surface area contributed by atoms with E-state index in [9.17, 15) is 0 Å². The van der Waals surface area contributed by atoms with Crippen LogP contribution in [0.15, 0.2) is 12.1 Å². The van der Waals surface area contributed by atoms with E-state index in [0.29, 0.717) is 6.04 Å². The molecule has 1 aromatic carbocycles. The first-order valence-electron chi connectivity index (χ1n) is 4.81. The maximum Gasteiger partial charge on any atom is 0.0347 e. The van der Waals surface area contributed by atoms with Crippen LogP contribution in [0.1, 0.15) is 29.7 Å². The highest BCUT2D eigenvalue weighted by Gasteiger charge is 2.16. The predicted molar refractivity (Wildman–Crippen MR) is 55.7 cm³/mol. The molecule has 3 N–H and O–H groups in total. The van der Waals surface area contributed by atoms with Crippen LogP contribution < -0.4 is 11.1 Å². The number of benzene rings is 1. The zero-order valence-corrected chi connectivity index (χ0v) is 8.22. The highest BCUT2D eigenvalue weighted by Crippen LogP contribution is 2.26. The van der Waals surface area contributed by atoms with Crippen LogP contribution in [-0.4, -0.2) is 6.54 Å². The van der Waals surface area contributed by atoms with Crippen LogP contribution in [0.4, 0.5) is 5.69 Å². The molecule has 1 unspecified atom stereocenters. The number of nitrogens with two attached hydrogens (primary N) is 1. The van der Waals surface area contributed by atoms with E-state index >= 15 is 0 Å². The standard InChI is InChI=1S/C11H16N2/c1-7-5-9-3-4-13-8(2)10(9)6-11(7)12/h5-6,8,13H,3-4,12H2,1-2H3. The van der Waals surface area contributed by atoms with Crippen molar-refractivity contribution in [3.63, 3.8) is 0 Å². The van der Waals surface area contributed by atoms with Crippen molar-refractivity contribution in [2.24, 2.45) is 0 Å². The van der Waals surface area contributed by atoms with Gasteiger partial charge in [0.15, 0.2) is 0 Å². The van der Waals surface area contributed by atoms with E-state index in [2.05, 4.69) is 31.3 Å². The highest BCUT2D eigenvalue weighted by molar-refractivity contribution is 5.53. The van der Waals surface area contributed by atoms with Crippen molar-refractivity contribution in [3.05, 3.63) is 28.8 Å². The Hall–Kier alpha value is -1.02. The maximum atomic E-state index is 5.88. The Morgan fingerprint density at radius 3 is 3.00 bits per heavy atom. The molecular formula is C11H16N2. The number of hydrogen-bond donors (Lipinski definition) is 2. The van der Waals surface area contributed by atoms with Crippen molar-refractivity contribution in [1.29, 1.82) is 0 Å². The summed E-state index contributed by atoms with van der Waals surface area (Å²) in [7, 11) is 0. The van der Waals surface area contributed by atoms with E-state index in [0.717, 1.165) is 18.7 Å². The molecule has 2 rings (SSSR count). The molecular weight excluding hydrogens is 160 g/mol. The summed E-state index contributed by atoms with van der Waals surface area (Å²) in [6.45, 7) is 5.34. The summed E-state index contributed by atoms with van der Waals surface area (Å²) in [4.78, 5) is 0. The van der Waals surface area contributed by atoms with Gasteiger partial charge in [-0.15, -0.1) is 0 Å². The molecule has 0 aromatic heterocycles. The number of nitrogen functional groups attached to an aromatic ring is 1. The average Bonchev–Trinajstić information content (AvgIpc) is 2.09. The molecule has 0 saturated carbocycles. The molecule has 0 radical (unpaired) electrons. The third kappa shape index (κ3) is 1.42. The topological polar surface area (TPSA) is 38.0 Å². The molecule has 2 heteroatoms. The molecule has 1 atom stereocenters. The van der Waals surface area contributed by atoms with Gasteiger partial charge in [-0.05, 0) is 49.6 Å². The Morgan fingerprint density at radius 1 is 1.46 bits per heavy atom. The van der Waals surface area contributed by atoms with Gasteiger partial charge in [0.1, 0.15) is 0 Å². The van der Waals surface area contributed by atoms with Gasteiger partial charge in [-0.3, -0.25) is 0 Å². The van der Waals surface area contributed by atoms with Crippen LogP contribution in [0.2, 0.25) is 0 Å². The maximum absolute atomic E-state index is 5.88.